The first-order valence-corrected chi connectivity index (χ1v) is 22.7. The van der Waals surface area contributed by atoms with E-state index in [0.717, 1.165) is 87.2 Å². The molecule has 2 atom stereocenters. The molecule has 65 heavy (non-hydrogen) atoms. The maximum atomic E-state index is 15.7. The number of amides is 5. The van der Waals surface area contributed by atoms with Crippen LogP contribution < -0.4 is 25.2 Å². The lowest BCUT2D eigenvalue weighted by Gasteiger charge is -2.45. The normalized spacial score (nSPS) is 23.2. The standard InChI is InChI=1S/C49H54FN9O6/c1-55(2)28-35-29-58(34-9-12-37-39(25-34)49(64)59(48(37)63)42-14-16-44(60)54-47(42)62)23-22-57(35)27-30-17-20-56(21-18-30)41-13-5-31(24-40(41)50)46(61)53-33-7-10-36(11-8-33)65-43-15-6-32(26-51)45-38(43)4-3-19-52-45/h3-6,9,12-13,15,19,24-25,30,33,35-36,42H,7-8,10-11,14,16-18,20-23,27-29H2,1-2H3,(H,53,61)(H,54,60,62)/t33-,35-,36-,42?/m1/s1. The van der Waals surface area contributed by atoms with Crippen molar-refractivity contribution in [2.24, 2.45) is 5.92 Å². The molecular weight excluding hydrogens is 830 g/mol. The van der Waals surface area contributed by atoms with E-state index < -0.39 is 35.5 Å². The van der Waals surface area contributed by atoms with Crippen molar-refractivity contribution < 1.29 is 33.1 Å². The molecule has 1 saturated carbocycles. The Labute approximate surface area is 377 Å². The Hall–Kier alpha value is -6.44. The molecular formula is C49H54FN9O6. The van der Waals surface area contributed by atoms with Crippen LogP contribution in [0.1, 0.15) is 88.0 Å². The van der Waals surface area contributed by atoms with Crippen molar-refractivity contribution in [2.45, 2.75) is 75.6 Å². The van der Waals surface area contributed by atoms with Gasteiger partial charge in [-0.05, 0) is 126 Å². The fourth-order valence-corrected chi connectivity index (χ4v) is 10.3. The number of imide groups is 2. The van der Waals surface area contributed by atoms with Crippen molar-refractivity contribution in [3.8, 4) is 11.8 Å². The largest absolute Gasteiger partial charge is 0.490 e. The molecule has 15 nitrogen and oxygen atoms in total. The quantitative estimate of drug-likeness (QED) is 0.199. The number of hydrogen-bond acceptors (Lipinski definition) is 12. The van der Waals surface area contributed by atoms with Crippen molar-refractivity contribution in [3.63, 3.8) is 0 Å². The number of ether oxygens (including phenoxy) is 1. The summed E-state index contributed by atoms with van der Waals surface area (Å²) in [6.45, 7) is 5.44. The molecule has 3 aromatic carbocycles. The predicted octanol–water partition coefficient (Wildman–Crippen LogP) is 4.74. The Kier molecular flexibility index (Phi) is 12.5. The highest BCUT2D eigenvalue weighted by Gasteiger charge is 2.45. The molecule has 0 bridgehead atoms. The van der Waals surface area contributed by atoms with Crippen molar-refractivity contribution >= 4 is 51.8 Å². The molecule has 2 N–H and O–H groups in total. The van der Waals surface area contributed by atoms with Gasteiger partial charge in [0, 0.05) is 87.2 Å². The highest BCUT2D eigenvalue weighted by molar-refractivity contribution is 6.23. The van der Waals surface area contributed by atoms with Gasteiger partial charge >= 0.3 is 0 Å². The number of nitrogens with one attached hydrogen (secondary N) is 2. The Morgan fingerprint density at radius 1 is 0.908 bits per heavy atom. The number of carbonyl (C=O) groups excluding carboxylic acids is 5. The number of fused-ring (bicyclic) bond motifs is 2. The molecule has 5 aliphatic rings. The maximum Gasteiger partial charge on any atom is 0.262 e. The third-order valence-electron chi connectivity index (χ3n) is 13.8. The van der Waals surface area contributed by atoms with Gasteiger partial charge in [0.2, 0.25) is 11.8 Å². The SMILES string of the molecule is CN(C)C[C@@H]1CN(c2ccc3c(c2)C(=O)N(C2CCC(=O)NC2=O)C3=O)CCN1CC1CCN(c2ccc(C(=O)N[C@H]3CC[C@H](Oc4ccc(C#N)c5ncccc45)CC3)cc2F)CC1. The number of piperidine rings is 2. The minimum Gasteiger partial charge on any atom is -0.490 e. The highest BCUT2D eigenvalue weighted by atomic mass is 19.1. The van der Waals surface area contributed by atoms with Gasteiger partial charge in [-0.2, -0.15) is 5.26 Å². The van der Waals surface area contributed by atoms with Crippen molar-refractivity contribution in [3.05, 3.63) is 94.9 Å². The van der Waals surface area contributed by atoms with Crippen LogP contribution in [0, 0.1) is 23.1 Å². The number of pyridine rings is 1. The summed E-state index contributed by atoms with van der Waals surface area (Å²) in [6, 6.07) is 18.7. The topological polar surface area (TPSA) is 172 Å². The van der Waals surface area contributed by atoms with Gasteiger partial charge in [0.25, 0.3) is 17.7 Å². The van der Waals surface area contributed by atoms with Gasteiger partial charge in [-0.25, -0.2) is 4.39 Å². The monoisotopic (exact) mass is 883 g/mol. The predicted molar refractivity (Wildman–Crippen MR) is 241 cm³/mol. The van der Waals surface area contributed by atoms with Crippen molar-refractivity contribution in [1.29, 1.82) is 5.26 Å². The van der Waals surface area contributed by atoms with Gasteiger partial charge in [-0.1, -0.05) is 0 Å². The Bertz CT molecular complexity index is 2560. The lowest BCUT2D eigenvalue weighted by molar-refractivity contribution is -0.136. The zero-order valence-corrected chi connectivity index (χ0v) is 36.8. The van der Waals surface area contributed by atoms with Gasteiger partial charge in [0.15, 0.2) is 0 Å². The number of piperazine rings is 1. The second-order valence-electron chi connectivity index (χ2n) is 18.3. The first-order chi connectivity index (χ1) is 31.4. The average Bonchev–Trinajstić information content (AvgIpc) is 3.55. The van der Waals surface area contributed by atoms with E-state index in [1.165, 1.54) is 6.07 Å². The van der Waals surface area contributed by atoms with Crippen molar-refractivity contribution in [1.82, 2.24) is 30.3 Å². The molecule has 1 unspecified atom stereocenters. The molecule has 4 aromatic rings. The summed E-state index contributed by atoms with van der Waals surface area (Å²) < 4.78 is 22.1. The fraction of sp³-hybridized carbons (Fsp3) is 0.449. The van der Waals surface area contributed by atoms with Crippen LogP contribution >= 0.6 is 0 Å². The minimum atomic E-state index is -1.01. The fourth-order valence-electron chi connectivity index (χ4n) is 10.3. The molecule has 338 valence electrons. The molecule has 5 amide bonds. The maximum absolute atomic E-state index is 15.7. The number of anilines is 2. The zero-order valence-electron chi connectivity index (χ0n) is 36.8. The molecule has 9 rings (SSSR count). The highest BCUT2D eigenvalue weighted by Crippen LogP contribution is 2.34. The van der Waals surface area contributed by atoms with E-state index in [1.54, 1.807) is 36.5 Å². The number of hydrogen-bond donors (Lipinski definition) is 2. The molecule has 0 spiro atoms. The summed E-state index contributed by atoms with van der Waals surface area (Å²) in [4.78, 5) is 78.8. The first-order valence-electron chi connectivity index (χ1n) is 22.7. The van der Waals surface area contributed by atoms with Crippen LogP contribution in [0.15, 0.2) is 66.9 Å². The van der Waals surface area contributed by atoms with Crippen LogP contribution in [-0.4, -0.2) is 133 Å². The van der Waals surface area contributed by atoms with E-state index in [1.807, 2.05) is 24.3 Å². The number of nitrogens with zero attached hydrogens (tertiary/aromatic N) is 7. The molecule has 1 aliphatic carbocycles. The van der Waals surface area contributed by atoms with E-state index in [2.05, 4.69) is 55.4 Å². The molecule has 0 radical (unpaired) electrons. The summed E-state index contributed by atoms with van der Waals surface area (Å²) in [5.74, 6) is -1.62. The Balaban J connectivity index is 0.753. The molecule has 3 saturated heterocycles. The minimum absolute atomic E-state index is 0.0285. The average molecular weight is 884 g/mol. The van der Waals surface area contributed by atoms with E-state index in [0.29, 0.717) is 47.1 Å². The van der Waals surface area contributed by atoms with Crippen LogP contribution in [-0.2, 0) is 9.59 Å². The molecule has 4 aliphatic heterocycles. The van der Waals surface area contributed by atoms with Gasteiger partial charge < -0.3 is 24.8 Å². The van der Waals surface area contributed by atoms with Crippen LogP contribution in [0.2, 0.25) is 0 Å². The summed E-state index contributed by atoms with van der Waals surface area (Å²) in [5, 5.41) is 15.6. The third-order valence-corrected chi connectivity index (χ3v) is 13.8. The number of halogens is 1. The summed E-state index contributed by atoms with van der Waals surface area (Å²) in [6.07, 6.45) is 6.61. The lowest BCUT2D eigenvalue weighted by atomic mass is 9.92. The molecule has 1 aromatic heterocycles. The number of likely N-dealkylation sites (N-methyl/N-ethyl adjacent to an activating group) is 1. The van der Waals surface area contributed by atoms with E-state index >= 15 is 4.39 Å². The number of aromatic nitrogens is 1. The van der Waals surface area contributed by atoms with Crippen LogP contribution in [0.3, 0.4) is 0 Å². The first kappa shape index (κ1) is 43.8. The van der Waals surface area contributed by atoms with Crippen LogP contribution in [0.4, 0.5) is 15.8 Å². The number of rotatable bonds is 11. The van der Waals surface area contributed by atoms with Gasteiger partial charge in [-0.15, -0.1) is 0 Å². The van der Waals surface area contributed by atoms with Gasteiger partial charge in [-0.3, -0.25) is 44.1 Å². The number of benzene rings is 3. The van der Waals surface area contributed by atoms with Crippen molar-refractivity contribution in [2.75, 3.05) is 69.7 Å². The van der Waals surface area contributed by atoms with Crippen LogP contribution in [0.5, 0.6) is 5.75 Å². The summed E-state index contributed by atoms with van der Waals surface area (Å²) >= 11 is 0. The summed E-state index contributed by atoms with van der Waals surface area (Å²) in [7, 11) is 4.12. The van der Waals surface area contributed by atoms with E-state index in [-0.39, 0.29) is 48.1 Å². The Morgan fingerprint density at radius 2 is 1.69 bits per heavy atom. The molecule has 4 fully saturated rings. The number of nitriles is 1. The smallest absolute Gasteiger partial charge is 0.262 e. The zero-order chi connectivity index (χ0) is 45.4. The Morgan fingerprint density at radius 3 is 2.43 bits per heavy atom. The van der Waals surface area contributed by atoms with Gasteiger partial charge in [0.05, 0.1) is 34.0 Å². The second-order valence-corrected chi connectivity index (χ2v) is 18.3. The lowest BCUT2D eigenvalue weighted by Crippen LogP contribution is -2.58. The molecule has 5 heterocycles. The van der Waals surface area contributed by atoms with Gasteiger partial charge in [0.1, 0.15) is 23.7 Å². The van der Waals surface area contributed by atoms with E-state index in [4.69, 9.17) is 4.74 Å². The number of carbonyl (C=O) groups is 5. The summed E-state index contributed by atoms with van der Waals surface area (Å²) in [5.41, 5.74) is 3.33. The molecule has 16 heteroatoms. The second kappa shape index (κ2) is 18.6. The third kappa shape index (κ3) is 9.12. The van der Waals surface area contributed by atoms with Crippen LogP contribution in [0.25, 0.3) is 10.9 Å². The van der Waals surface area contributed by atoms with E-state index in [9.17, 15) is 29.2 Å².